The van der Waals surface area contributed by atoms with E-state index in [0.29, 0.717) is 23.0 Å². The Morgan fingerprint density at radius 3 is 2.94 bits per heavy atom. The Hall–Kier alpha value is -0.800. The third-order valence-electron chi connectivity index (χ3n) is 3.50. The first-order valence-corrected chi connectivity index (χ1v) is 6.49. The van der Waals surface area contributed by atoms with Gasteiger partial charge in [0.15, 0.2) is 0 Å². The van der Waals surface area contributed by atoms with Crippen molar-refractivity contribution in [2.45, 2.75) is 45.7 Å². The van der Waals surface area contributed by atoms with E-state index < -0.39 is 0 Å². The van der Waals surface area contributed by atoms with Crippen molar-refractivity contribution in [2.24, 2.45) is 11.1 Å². The highest BCUT2D eigenvalue weighted by molar-refractivity contribution is 6.33. The zero-order valence-electron chi connectivity index (χ0n) is 10.5. The van der Waals surface area contributed by atoms with E-state index in [1.807, 2.05) is 6.07 Å². The second-order valence-electron chi connectivity index (χ2n) is 5.59. The molecule has 1 saturated carbocycles. The molecule has 0 bridgehead atoms. The standard InChI is InChI=1S/C13H20ClN3/c1-13(2)5-3-10(7-13)17-12-11(14)9(8-15)4-6-16-12/h4,6,10H,3,5,7-8,15H2,1-2H3,(H,16,17). The number of nitrogens with zero attached hydrogens (tertiary/aromatic N) is 1. The third-order valence-corrected chi connectivity index (χ3v) is 3.92. The van der Waals surface area contributed by atoms with Crippen LogP contribution in [0.2, 0.25) is 5.02 Å². The third kappa shape index (κ3) is 2.90. The highest BCUT2D eigenvalue weighted by Crippen LogP contribution is 2.38. The Labute approximate surface area is 108 Å². The molecule has 1 aromatic heterocycles. The van der Waals surface area contributed by atoms with Crippen LogP contribution in [0, 0.1) is 5.41 Å². The van der Waals surface area contributed by atoms with Crippen LogP contribution in [-0.2, 0) is 6.54 Å². The average molecular weight is 254 g/mol. The molecule has 0 amide bonds. The quantitative estimate of drug-likeness (QED) is 0.870. The van der Waals surface area contributed by atoms with E-state index in [4.69, 9.17) is 17.3 Å². The molecule has 1 aromatic rings. The predicted molar refractivity (Wildman–Crippen MR) is 72.2 cm³/mol. The highest BCUT2D eigenvalue weighted by Gasteiger charge is 2.31. The fourth-order valence-corrected chi connectivity index (χ4v) is 2.74. The normalized spacial score (nSPS) is 22.7. The van der Waals surface area contributed by atoms with Crippen molar-refractivity contribution in [2.75, 3.05) is 5.32 Å². The molecule has 1 fully saturated rings. The lowest BCUT2D eigenvalue weighted by atomic mass is 9.92. The monoisotopic (exact) mass is 253 g/mol. The van der Waals surface area contributed by atoms with Crippen molar-refractivity contribution >= 4 is 17.4 Å². The number of hydrogen-bond acceptors (Lipinski definition) is 3. The van der Waals surface area contributed by atoms with Crippen molar-refractivity contribution in [3.8, 4) is 0 Å². The molecule has 1 aliphatic carbocycles. The number of hydrogen-bond donors (Lipinski definition) is 2. The number of rotatable bonds is 3. The van der Waals surface area contributed by atoms with Crippen LogP contribution in [0.15, 0.2) is 12.3 Å². The summed E-state index contributed by atoms with van der Waals surface area (Å²) in [7, 11) is 0. The number of aromatic nitrogens is 1. The van der Waals surface area contributed by atoms with Gasteiger partial charge in [-0.05, 0) is 36.3 Å². The molecule has 1 heterocycles. The molecule has 3 N–H and O–H groups in total. The van der Waals surface area contributed by atoms with E-state index in [1.165, 1.54) is 12.8 Å². The predicted octanol–water partition coefficient (Wildman–Crippen LogP) is 3.18. The summed E-state index contributed by atoms with van der Waals surface area (Å²) in [5.74, 6) is 0.775. The minimum absolute atomic E-state index is 0.426. The van der Waals surface area contributed by atoms with Gasteiger partial charge in [-0.2, -0.15) is 0 Å². The van der Waals surface area contributed by atoms with Gasteiger partial charge in [-0.15, -0.1) is 0 Å². The van der Waals surface area contributed by atoms with Crippen molar-refractivity contribution in [3.05, 3.63) is 22.8 Å². The van der Waals surface area contributed by atoms with E-state index in [9.17, 15) is 0 Å². The van der Waals surface area contributed by atoms with Crippen molar-refractivity contribution in [1.82, 2.24) is 4.98 Å². The molecule has 2 rings (SSSR count). The second kappa shape index (κ2) is 4.83. The Bertz CT molecular complexity index is 404. The Balaban J connectivity index is 2.09. The Morgan fingerprint density at radius 2 is 2.35 bits per heavy atom. The maximum atomic E-state index is 6.25. The number of nitrogens with two attached hydrogens (primary N) is 1. The van der Waals surface area contributed by atoms with E-state index in [2.05, 4.69) is 24.1 Å². The molecule has 3 nitrogen and oxygen atoms in total. The summed E-state index contributed by atoms with van der Waals surface area (Å²) in [6, 6.07) is 2.34. The van der Waals surface area contributed by atoms with Crippen LogP contribution < -0.4 is 11.1 Å². The van der Waals surface area contributed by atoms with Crippen LogP contribution in [0.25, 0.3) is 0 Å². The number of pyridine rings is 1. The maximum absolute atomic E-state index is 6.25. The van der Waals surface area contributed by atoms with Crippen LogP contribution in [-0.4, -0.2) is 11.0 Å². The first kappa shape index (κ1) is 12.7. The number of halogens is 1. The van der Waals surface area contributed by atoms with Gasteiger partial charge in [-0.25, -0.2) is 4.98 Å². The molecule has 0 radical (unpaired) electrons. The molecule has 1 aliphatic rings. The fourth-order valence-electron chi connectivity index (χ4n) is 2.49. The van der Waals surface area contributed by atoms with E-state index in [-0.39, 0.29) is 0 Å². The van der Waals surface area contributed by atoms with E-state index in [0.717, 1.165) is 17.8 Å². The van der Waals surface area contributed by atoms with Crippen LogP contribution in [0.5, 0.6) is 0 Å². The summed E-state index contributed by atoms with van der Waals surface area (Å²) >= 11 is 6.25. The maximum Gasteiger partial charge on any atom is 0.145 e. The molecular weight excluding hydrogens is 234 g/mol. The first-order valence-electron chi connectivity index (χ1n) is 6.12. The lowest BCUT2D eigenvalue weighted by Gasteiger charge is -2.19. The van der Waals surface area contributed by atoms with Gasteiger partial charge in [-0.1, -0.05) is 25.4 Å². The van der Waals surface area contributed by atoms with Gasteiger partial charge < -0.3 is 11.1 Å². The minimum Gasteiger partial charge on any atom is -0.366 e. The minimum atomic E-state index is 0.426. The Kier molecular flexibility index (Phi) is 3.59. The Morgan fingerprint density at radius 1 is 1.59 bits per heavy atom. The zero-order valence-corrected chi connectivity index (χ0v) is 11.2. The lowest BCUT2D eigenvalue weighted by Crippen LogP contribution is -2.19. The fraction of sp³-hybridized carbons (Fsp3) is 0.615. The largest absolute Gasteiger partial charge is 0.366 e. The molecule has 0 saturated heterocycles. The van der Waals surface area contributed by atoms with Crippen molar-refractivity contribution < 1.29 is 0 Å². The number of anilines is 1. The summed E-state index contributed by atoms with van der Waals surface area (Å²) in [4.78, 5) is 4.30. The van der Waals surface area contributed by atoms with Gasteiger partial charge in [0.05, 0.1) is 5.02 Å². The highest BCUT2D eigenvalue weighted by atomic mass is 35.5. The zero-order chi connectivity index (χ0) is 12.5. The van der Waals surface area contributed by atoms with E-state index in [1.54, 1.807) is 6.20 Å². The van der Waals surface area contributed by atoms with Gasteiger partial charge in [0.25, 0.3) is 0 Å². The lowest BCUT2D eigenvalue weighted by molar-refractivity contribution is 0.378. The SMILES string of the molecule is CC1(C)CCC(Nc2nccc(CN)c2Cl)C1. The first-order chi connectivity index (χ1) is 8.02. The second-order valence-corrected chi connectivity index (χ2v) is 5.96. The van der Waals surface area contributed by atoms with Crippen LogP contribution in [0.3, 0.4) is 0 Å². The molecular formula is C13H20ClN3. The van der Waals surface area contributed by atoms with Crippen molar-refractivity contribution in [3.63, 3.8) is 0 Å². The summed E-state index contributed by atoms with van der Waals surface area (Å²) in [5, 5.41) is 4.11. The van der Waals surface area contributed by atoms with Gasteiger partial charge in [0.2, 0.25) is 0 Å². The van der Waals surface area contributed by atoms with Crippen LogP contribution in [0.1, 0.15) is 38.7 Å². The van der Waals surface area contributed by atoms with Gasteiger partial charge in [0, 0.05) is 18.8 Å². The van der Waals surface area contributed by atoms with Gasteiger partial charge in [-0.3, -0.25) is 0 Å². The summed E-state index contributed by atoms with van der Waals surface area (Å²) in [6.07, 6.45) is 5.35. The molecule has 0 aromatic carbocycles. The van der Waals surface area contributed by atoms with Crippen LogP contribution in [0.4, 0.5) is 5.82 Å². The molecule has 0 aliphatic heterocycles. The molecule has 4 heteroatoms. The van der Waals surface area contributed by atoms with Crippen molar-refractivity contribution in [1.29, 1.82) is 0 Å². The topological polar surface area (TPSA) is 50.9 Å². The summed E-state index contributed by atoms with van der Waals surface area (Å²) in [5.41, 5.74) is 7.00. The summed E-state index contributed by atoms with van der Waals surface area (Å²) < 4.78 is 0. The van der Waals surface area contributed by atoms with E-state index >= 15 is 0 Å². The smallest absolute Gasteiger partial charge is 0.145 e. The van der Waals surface area contributed by atoms with Crippen LogP contribution >= 0.6 is 11.6 Å². The molecule has 17 heavy (non-hydrogen) atoms. The molecule has 1 unspecified atom stereocenters. The molecule has 1 atom stereocenters. The number of nitrogens with one attached hydrogen (secondary N) is 1. The van der Waals surface area contributed by atoms with Gasteiger partial charge in [0.1, 0.15) is 5.82 Å². The average Bonchev–Trinajstić information content (AvgIpc) is 2.61. The molecule has 94 valence electrons. The molecule has 0 spiro atoms. The van der Waals surface area contributed by atoms with Gasteiger partial charge >= 0.3 is 0 Å². The summed E-state index contributed by atoms with van der Waals surface area (Å²) in [6.45, 7) is 5.06.